The first kappa shape index (κ1) is 22.5. The summed E-state index contributed by atoms with van der Waals surface area (Å²) < 4.78 is 5.98. The van der Waals surface area contributed by atoms with Crippen molar-refractivity contribution in [3.05, 3.63) is 23.8 Å². The molecule has 4 rings (SSSR count). The van der Waals surface area contributed by atoms with E-state index in [0.717, 1.165) is 17.6 Å². The largest absolute Gasteiger partial charge is 0.481 e. The molecular formula is C25H36O6. The zero-order valence-corrected chi connectivity index (χ0v) is 19.1. The Balaban J connectivity index is 1.80. The summed E-state index contributed by atoms with van der Waals surface area (Å²) in [6, 6.07) is 0. The highest BCUT2D eigenvalue weighted by Gasteiger charge is 2.76. The minimum absolute atomic E-state index is 0.199. The number of aliphatic hydroxyl groups excluding tert-OH is 1. The number of hydrogen-bond acceptors (Lipinski definition) is 5. The fraction of sp³-hybridized carbons (Fsp3) is 0.760. The Kier molecular flexibility index (Phi) is 5.03. The van der Waals surface area contributed by atoms with E-state index in [1.165, 1.54) is 6.08 Å². The molecule has 0 saturated heterocycles. The molecule has 4 fully saturated rings. The van der Waals surface area contributed by atoms with Gasteiger partial charge in [-0.3, -0.25) is 4.79 Å². The lowest BCUT2D eigenvalue weighted by Gasteiger charge is -2.68. The van der Waals surface area contributed by atoms with Gasteiger partial charge in [0, 0.05) is 16.9 Å². The van der Waals surface area contributed by atoms with Gasteiger partial charge in [0.05, 0.1) is 17.1 Å². The van der Waals surface area contributed by atoms with Crippen LogP contribution < -0.4 is 0 Å². The number of fused-ring (bicyclic) bond motifs is 3. The van der Waals surface area contributed by atoms with Gasteiger partial charge in [0.1, 0.15) is 6.10 Å². The average molecular weight is 433 g/mol. The molecule has 0 heterocycles. The number of rotatable bonds is 3. The molecule has 0 aliphatic heterocycles. The van der Waals surface area contributed by atoms with Crippen molar-refractivity contribution >= 4 is 11.9 Å². The van der Waals surface area contributed by atoms with Crippen LogP contribution in [0, 0.1) is 28.1 Å². The third-order valence-corrected chi connectivity index (χ3v) is 9.70. The van der Waals surface area contributed by atoms with Crippen molar-refractivity contribution in [2.45, 2.75) is 90.4 Å². The van der Waals surface area contributed by atoms with Gasteiger partial charge in [-0.25, -0.2) is 4.79 Å². The van der Waals surface area contributed by atoms with E-state index in [1.807, 2.05) is 20.8 Å². The van der Waals surface area contributed by atoms with E-state index in [2.05, 4.69) is 6.58 Å². The molecule has 31 heavy (non-hydrogen) atoms. The Bertz CT molecular complexity index is 858. The lowest BCUT2D eigenvalue weighted by Crippen LogP contribution is -2.72. The number of allylic oxidation sites excluding steroid dienone is 1. The summed E-state index contributed by atoms with van der Waals surface area (Å²) in [6.07, 6.45) is 3.95. The number of esters is 1. The van der Waals surface area contributed by atoms with Crippen molar-refractivity contribution in [1.82, 2.24) is 0 Å². The standard InChI is InChI=1S/C25H36O6/c1-14(2)12-19(27)31-20-15(3)16-6-11-25(30)22(4)9-8-18(26)23(5,21(28)29)17(22)7-10-24(20,25)13-16/h12,16-18,20,26,30H,3,6-11,13H2,1-2,4-5H3,(H,28,29). The molecule has 3 N–H and O–H groups in total. The number of ether oxygens (including phenoxy) is 1. The van der Waals surface area contributed by atoms with Gasteiger partial charge in [0.15, 0.2) is 0 Å². The van der Waals surface area contributed by atoms with Crippen LogP contribution in [-0.4, -0.2) is 45.1 Å². The van der Waals surface area contributed by atoms with E-state index in [9.17, 15) is 24.9 Å². The van der Waals surface area contributed by atoms with Crippen LogP contribution >= 0.6 is 0 Å². The maximum atomic E-state index is 12.6. The van der Waals surface area contributed by atoms with E-state index >= 15 is 0 Å². The Morgan fingerprint density at radius 2 is 1.81 bits per heavy atom. The van der Waals surface area contributed by atoms with Crippen LogP contribution in [0.25, 0.3) is 0 Å². The lowest BCUT2D eigenvalue weighted by atomic mass is 9.38. The van der Waals surface area contributed by atoms with Gasteiger partial charge in [-0.2, -0.15) is 0 Å². The molecule has 4 aliphatic carbocycles. The smallest absolute Gasteiger partial charge is 0.331 e. The highest BCUT2D eigenvalue weighted by Crippen LogP contribution is 2.74. The summed E-state index contributed by atoms with van der Waals surface area (Å²) in [6.45, 7) is 11.6. The molecule has 1 spiro atoms. The van der Waals surface area contributed by atoms with E-state index < -0.39 is 46.0 Å². The highest BCUT2D eigenvalue weighted by atomic mass is 16.5. The molecule has 6 nitrogen and oxygen atoms in total. The Hall–Kier alpha value is -1.66. The summed E-state index contributed by atoms with van der Waals surface area (Å²) in [5.41, 5.74) is -2.14. The van der Waals surface area contributed by atoms with E-state index in [0.29, 0.717) is 38.5 Å². The van der Waals surface area contributed by atoms with Gasteiger partial charge < -0.3 is 20.1 Å². The van der Waals surface area contributed by atoms with E-state index in [1.54, 1.807) is 6.92 Å². The third kappa shape index (κ3) is 2.70. The lowest BCUT2D eigenvalue weighted by molar-refractivity contribution is -0.288. The topological polar surface area (TPSA) is 104 Å². The molecule has 8 unspecified atom stereocenters. The second kappa shape index (κ2) is 6.92. The zero-order chi connectivity index (χ0) is 23.0. The number of carboxylic acids is 1. The Morgan fingerprint density at radius 1 is 1.13 bits per heavy atom. The first-order chi connectivity index (χ1) is 14.3. The van der Waals surface area contributed by atoms with E-state index in [4.69, 9.17) is 4.74 Å². The Morgan fingerprint density at radius 3 is 2.42 bits per heavy atom. The first-order valence-electron chi connectivity index (χ1n) is 11.5. The van der Waals surface area contributed by atoms with Gasteiger partial charge in [0.2, 0.25) is 0 Å². The summed E-state index contributed by atoms with van der Waals surface area (Å²) in [5, 5.41) is 33.3. The van der Waals surface area contributed by atoms with Crippen molar-refractivity contribution in [3.63, 3.8) is 0 Å². The van der Waals surface area contributed by atoms with Crippen molar-refractivity contribution in [2.75, 3.05) is 0 Å². The summed E-state index contributed by atoms with van der Waals surface area (Å²) >= 11 is 0. The van der Waals surface area contributed by atoms with Crippen molar-refractivity contribution in [1.29, 1.82) is 0 Å². The van der Waals surface area contributed by atoms with Gasteiger partial charge in [0.25, 0.3) is 0 Å². The molecule has 0 aromatic heterocycles. The molecule has 172 valence electrons. The number of aliphatic hydroxyl groups is 2. The fourth-order valence-corrected chi connectivity index (χ4v) is 8.03. The van der Waals surface area contributed by atoms with Crippen LogP contribution in [-0.2, 0) is 14.3 Å². The van der Waals surface area contributed by atoms with Crippen molar-refractivity contribution in [2.24, 2.45) is 28.1 Å². The van der Waals surface area contributed by atoms with Crippen LogP contribution in [0.5, 0.6) is 0 Å². The monoisotopic (exact) mass is 432 g/mol. The molecule has 6 heteroatoms. The number of carboxylic acid groups (broad SMARTS) is 1. The van der Waals surface area contributed by atoms with Crippen LogP contribution in [0.2, 0.25) is 0 Å². The molecule has 8 atom stereocenters. The number of carbonyl (C=O) groups is 2. The summed E-state index contributed by atoms with van der Waals surface area (Å²) in [7, 11) is 0. The second-order valence-corrected chi connectivity index (χ2v) is 11.2. The zero-order valence-electron chi connectivity index (χ0n) is 19.1. The van der Waals surface area contributed by atoms with Crippen molar-refractivity contribution in [3.8, 4) is 0 Å². The fourth-order valence-electron chi connectivity index (χ4n) is 8.03. The minimum Gasteiger partial charge on any atom is -0.481 e. The maximum Gasteiger partial charge on any atom is 0.331 e. The quantitative estimate of drug-likeness (QED) is 0.358. The number of carbonyl (C=O) groups excluding carboxylic acids is 1. The van der Waals surface area contributed by atoms with Crippen LogP contribution in [0.1, 0.15) is 72.6 Å². The molecule has 4 aliphatic rings. The number of aliphatic carboxylic acids is 1. The maximum absolute atomic E-state index is 12.6. The summed E-state index contributed by atoms with van der Waals surface area (Å²) in [5.74, 6) is -1.59. The van der Waals surface area contributed by atoms with Gasteiger partial charge >= 0.3 is 11.9 Å². The van der Waals surface area contributed by atoms with Crippen LogP contribution in [0.4, 0.5) is 0 Å². The predicted octanol–water partition coefficient (Wildman–Crippen LogP) is 3.61. The SMILES string of the molecule is C=C1C2CCC3(O)C4(C)CCC(O)C(C)(C(=O)O)C4CCC3(C2)C1OC(=O)C=C(C)C. The highest BCUT2D eigenvalue weighted by molar-refractivity contribution is 5.83. The molecule has 0 radical (unpaired) electrons. The minimum atomic E-state index is -1.31. The van der Waals surface area contributed by atoms with Gasteiger partial charge in [-0.15, -0.1) is 0 Å². The first-order valence-corrected chi connectivity index (χ1v) is 11.5. The second-order valence-electron chi connectivity index (χ2n) is 11.2. The molecule has 4 saturated carbocycles. The summed E-state index contributed by atoms with van der Waals surface area (Å²) in [4.78, 5) is 24.9. The van der Waals surface area contributed by atoms with Crippen LogP contribution in [0.15, 0.2) is 23.8 Å². The number of hydrogen-bond donors (Lipinski definition) is 3. The molecule has 0 aromatic carbocycles. The third-order valence-electron chi connectivity index (χ3n) is 9.70. The average Bonchev–Trinajstić information content (AvgIpc) is 2.89. The molecular weight excluding hydrogens is 396 g/mol. The molecule has 0 aromatic rings. The van der Waals surface area contributed by atoms with Crippen LogP contribution in [0.3, 0.4) is 0 Å². The Labute approximate surface area is 184 Å². The molecule has 0 amide bonds. The van der Waals surface area contributed by atoms with Crippen molar-refractivity contribution < 1.29 is 29.6 Å². The predicted molar refractivity (Wildman–Crippen MR) is 115 cm³/mol. The van der Waals surface area contributed by atoms with E-state index in [-0.39, 0.29) is 11.8 Å². The molecule has 2 bridgehead atoms. The van der Waals surface area contributed by atoms with Gasteiger partial charge in [-0.05, 0) is 83.1 Å². The normalized spacial score (nSPS) is 48.4. The van der Waals surface area contributed by atoms with Gasteiger partial charge in [-0.1, -0.05) is 19.1 Å².